The van der Waals surface area contributed by atoms with Gasteiger partial charge in [0.1, 0.15) is 17.2 Å². The van der Waals surface area contributed by atoms with E-state index < -0.39 is 23.3 Å². The van der Waals surface area contributed by atoms with Gasteiger partial charge in [0, 0.05) is 19.5 Å². The molecule has 4 fully saturated rings. The number of nitrogens with one attached hydrogen (secondary N) is 1. The van der Waals surface area contributed by atoms with Crippen LogP contribution in [0.25, 0.3) is 0 Å². The Kier molecular flexibility index (Phi) is 10.4. The van der Waals surface area contributed by atoms with Crippen LogP contribution in [0, 0.1) is 52.3 Å². The van der Waals surface area contributed by atoms with Crippen molar-refractivity contribution in [2.75, 3.05) is 13.1 Å². The molecule has 0 aromatic rings. The number of piperidine rings is 1. The monoisotopic (exact) mass is 632 g/mol. The van der Waals surface area contributed by atoms with Gasteiger partial charge in [-0.3, -0.25) is 9.59 Å². The molecule has 1 aliphatic heterocycles. The molecule has 8 nitrogen and oxygen atoms in total. The predicted molar refractivity (Wildman–Crippen MR) is 176 cm³/mol. The zero-order chi connectivity index (χ0) is 33.7. The van der Waals surface area contributed by atoms with E-state index in [0.717, 1.165) is 44.9 Å². The largest absolute Gasteiger partial charge is 0.460 e. The second kappa shape index (κ2) is 13.0. The number of esters is 1. The van der Waals surface area contributed by atoms with E-state index in [-0.39, 0.29) is 46.6 Å². The van der Waals surface area contributed by atoms with Crippen LogP contribution in [0.3, 0.4) is 0 Å². The van der Waals surface area contributed by atoms with Crippen molar-refractivity contribution < 1.29 is 29.0 Å². The number of ether oxygens (including phenoxy) is 2. The van der Waals surface area contributed by atoms with Crippen LogP contribution >= 0.6 is 0 Å². The summed E-state index contributed by atoms with van der Waals surface area (Å²) in [6, 6.07) is -0.645. The zero-order valence-electron chi connectivity index (χ0n) is 30.2. The Balaban J connectivity index is 1.42. The van der Waals surface area contributed by atoms with Gasteiger partial charge in [0.2, 0.25) is 5.91 Å². The lowest BCUT2D eigenvalue weighted by molar-refractivity contribution is -0.177. The van der Waals surface area contributed by atoms with Gasteiger partial charge in [0.05, 0.1) is 6.10 Å². The fourth-order valence-electron chi connectivity index (χ4n) is 10.2. The smallest absolute Gasteiger partial charge is 0.408 e. The van der Waals surface area contributed by atoms with Crippen LogP contribution in [0.15, 0.2) is 0 Å². The number of aliphatic hydroxyl groups is 1. The van der Waals surface area contributed by atoms with Gasteiger partial charge in [-0.05, 0) is 139 Å². The molecule has 4 aliphatic rings. The molecule has 0 spiro atoms. The Labute approximate surface area is 273 Å². The molecule has 4 rings (SSSR count). The number of carbonyl (C=O) groups is 3. The van der Waals surface area contributed by atoms with Gasteiger partial charge in [-0.25, -0.2) is 4.79 Å². The molecule has 8 heteroatoms. The number of alkyl carbamates (subject to hydrolysis) is 1. The molecule has 45 heavy (non-hydrogen) atoms. The van der Waals surface area contributed by atoms with E-state index in [1.54, 1.807) is 0 Å². The van der Waals surface area contributed by atoms with Crippen LogP contribution in [0.1, 0.15) is 128 Å². The minimum Gasteiger partial charge on any atom is -0.460 e. The second-order valence-electron chi connectivity index (χ2n) is 18.0. The molecule has 258 valence electrons. The van der Waals surface area contributed by atoms with Crippen molar-refractivity contribution in [3.8, 4) is 0 Å². The summed E-state index contributed by atoms with van der Waals surface area (Å²) in [6.45, 7) is 23.6. The number of hydrogen-bond donors (Lipinski definition) is 2. The van der Waals surface area contributed by atoms with Gasteiger partial charge in [0.15, 0.2) is 0 Å². The van der Waals surface area contributed by atoms with Crippen LogP contribution < -0.4 is 5.32 Å². The molecule has 3 aliphatic carbocycles. The van der Waals surface area contributed by atoms with Crippen molar-refractivity contribution in [2.45, 2.75) is 151 Å². The lowest BCUT2D eigenvalue weighted by atomic mass is 9.44. The van der Waals surface area contributed by atoms with Crippen molar-refractivity contribution in [3.63, 3.8) is 0 Å². The molecule has 0 radical (unpaired) electrons. The second-order valence-corrected chi connectivity index (χ2v) is 18.0. The Bertz CT molecular complexity index is 1090. The highest BCUT2D eigenvalue weighted by Gasteiger charge is 2.63. The first-order valence-corrected chi connectivity index (χ1v) is 17.8. The first-order valence-electron chi connectivity index (χ1n) is 17.8. The van der Waals surface area contributed by atoms with Gasteiger partial charge in [-0.15, -0.1) is 0 Å². The molecule has 1 heterocycles. The number of carbonyl (C=O) groups excluding carboxylic acids is 3. The molecule has 0 unspecified atom stereocenters. The normalized spacial score (nSPS) is 36.3. The molecule has 2 amide bonds. The summed E-state index contributed by atoms with van der Waals surface area (Å²) in [6.07, 6.45) is 6.60. The maximum Gasteiger partial charge on any atom is 0.408 e. The van der Waals surface area contributed by atoms with E-state index in [1.165, 1.54) is 0 Å². The maximum atomic E-state index is 13.8. The minimum absolute atomic E-state index is 0.0512. The number of likely N-dealkylation sites (tertiary alicyclic amines) is 1. The Morgan fingerprint density at radius 2 is 1.53 bits per heavy atom. The van der Waals surface area contributed by atoms with Crippen molar-refractivity contribution in [2.24, 2.45) is 52.3 Å². The third-order valence-corrected chi connectivity index (χ3v) is 12.3. The quantitative estimate of drug-likeness (QED) is 0.294. The van der Waals surface area contributed by atoms with E-state index in [1.807, 2.05) is 60.3 Å². The van der Waals surface area contributed by atoms with Crippen LogP contribution in [0.4, 0.5) is 4.79 Å². The average Bonchev–Trinajstić information content (AvgIpc) is 3.25. The summed E-state index contributed by atoms with van der Waals surface area (Å²) in [5.74, 6) is 2.20. The van der Waals surface area contributed by atoms with E-state index in [9.17, 15) is 19.5 Å². The van der Waals surface area contributed by atoms with Crippen LogP contribution in [0.5, 0.6) is 0 Å². The highest BCUT2D eigenvalue weighted by atomic mass is 16.6. The fourth-order valence-corrected chi connectivity index (χ4v) is 10.2. The number of hydrogen-bond acceptors (Lipinski definition) is 6. The fraction of sp³-hybridized carbons (Fsp3) is 0.919. The predicted octanol–water partition coefficient (Wildman–Crippen LogP) is 6.97. The molecule has 0 aromatic carbocycles. The molecular weight excluding hydrogens is 568 g/mol. The molecule has 2 N–H and O–H groups in total. The standard InChI is InChI=1S/C37H64N2O6/c1-22(2)31(38-33(43)45-35(7,8)9)32(42)39-19-18-36(10)24(21-39)20-28(40)30-26-14-13-25(37(26,11)17-16-27(30)36)23(3)12-15-29(41)44-34(4,5)6/h22-28,30-31,40H,12-21H2,1-11H3,(H,38,43)/t23-,24-,25-,26+,27+,28+,30+,31+,36+,37-/m1/s1. The van der Waals surface area contributed by atoms with Crippen molar-refractivity contribution in [1.29, 1.82) is 0 Å². The van der Waals surface area contributed by atoms with Gasteiger partial charge < -0.3 is 24.8 Å². The van der Waals surface area contributed by atoms with Crippen molar-refractivity contribution in [3.05, 3.63) is 0 Å². The van der Waals surface area contributed by atoms with E-state index >= 15 is 0 Å². The van der Waals surface area contributed by atoms with Crippen molar-refractivity contribution >= 4 is 18.0 Å². The highest BCUT2D eigenvalue weighted by molar-refractivity contribution is 5.86. The van der Waals surface area contributed by atoms with E-state index in [4.69, 9.17) is 9.47 Å². The summed E-state index contributed by atoms with van der Waals surface area (Å²) in [4.78, 5) is 40.8. The molecule has 10 atom stereocenters. The van der Waals surface area contributed by atoms with Crippen molar-refractivity contribution in [1.82, 2.24) is 10.2 Å². The number of rotatable bonds is 7. The topological polar surface area (TPSA) is 105 Å². The summed E-state index contributed by atoms with van der Waals surface area (Å²) in [7, 11) is 0. The molecular formula is C37H64N2O6. The molecule has 0 bridgehead atoms. The van der Waals surface area contributed by atoms with Gasteiger partial charge in [0.25, 0.3) is 0 Å². The molecule has 3 saturated carbocycles. The minimum atomic E-state index is -0.645. The summed E-state index contributed by atoms with van der Waals surface area (Å²) >= 11 is 0. The number of amides is 2. The maximum absolute atomic E-state index is 13.8. The van der Waals surface area contributed by atoms with Crippen LogP contribution in [-0.4, -0.2) is 64.4 Å². The van der Waals surface area contributed by atoms with Gasteiger partial charge in [-0.1, -0.05) is 34.6 Å². The summed E-state index contributed by atoms with van der Waals surface area (Å²) in [5.41, 5.74) is -0.837. The lowest BCUT2D eigenvalue weighted by Gasteiger charge is -2.63. The zero-order valence-corrected chi connectivity index (χ0v) is 30.2. The third-order valence-electron chi connectivity index (χ3n) is 12.3. The Morgan fingerprint density at radius 1 is 0.911 bits per heavy atom. The third kappa shape index (κ3) is 7.67. The number of fused-ring (bicyclic) bond motifs is 5. The van der Waals surface area contributed by atoms with Crippen LogP contribution in [0.2, 0.25) is 0 Å². The summed E-state index contributed by atoms with van der Waals surface area (Å²) < 4.78 is 11.1. The first-order chi connectivity index (χ1) is 20.7. The van der Waals surface area contributed by atoms with Crippen LogP contribution in [-0.2, 0) is 19.1 Å². The molecule has 1 saturated heterocycles. The average molecular weight is 633 g/mol. The van der Waals surface area contributed by atoms with E-state index in [0.29, 0.717) is 43.2 Å². The first kappa shape index (κ1) is 36.0. The number of nitrogens with zero attached hydrogens (tertiary/aromatic N) is 1. The van der Waals surface area contributed by atoms with Gasteiger partial charge >= 0.3 is 12.1 Å². The highest BCUT2D eigenvalue weighted by Crippen LogP contribution is 2.67. The SMILES string of the molecule is CC(C)[C@H](NC(=O)OC(C)(C)C)C(=O)N1CC[C@@]2(C)[C@H](C[C@H](O)[C@@H]3[C@@H]2CC[C@]2(C)[C@@H]([C@H](C)CCC(=O)OC(C)(C)C)CC[C@@H]32)C1. The summed E-state index contributed by atoms with van der Waals surface area (Å²) in [5, 5.41) is 14.7. The Morgan fingerprint density at radius 3 is 2.13 bits per heavy atom. The lowest BCUT2D eigenvalue weighted by Crippen LogP contribution is -2.63. The Hall–Kier alpha value is -1.83. The van der Waals surface area contributed by atoms with Gasteiger partial charge in [-0.2, -0.15) is 0 Å². The molecule has 0 aromatic heterocycles. The van der Waals surface area contributed by atoms with E-state index in [2.05, 4.69) is 26.1 Å². The number of aliphatic hydroxyl groups excluding tert-OH is 1.